The Morgan fingerprint density at radius 1 is 1.24 bits per heavy atom. The second-order valence-electron chi connectivity index (χ2n) is 3.92. The molecule has 0 fully saturated rings. The maximum Gasteiger partial charge on any atom is 0.387 e. The van der Waals surface area contributed by atoms with Crippen molar-refractivity contribution in [2.45, 2.75) is 6.61 Å². The highest BCUT2D eigenvalue weighted by Gasteiger charge is 2.13. The minimum Gasteiger partial charge on any atom is -0.480 e. The number of methoxy groups -OCH3 is 1. The van der Waals surface area contributed by atoms with Crippen molar-refractivity contribution in [2.24, 2.45) is 0 Å². The number of hydrogen-bond donors (Lipinski definition) is 1. The largest absolute Gasteiger partial charge is 0.480 e. The zero-order valence-corrected chi connectivity index (χ0v) is 11.0. The molecule has 7 heteroatoms. The highest BCUT2D eigenvalue weighted by molar-refractivity contribution is 6.05. The van der Waals surface area contributed by atoms with Gasteiger partial charge in [0.25, 0.3) is 5.91 Å². The molecular formula is C14H12F2N2O3. The van der Waals surface area contributed by atoms with Gasteiger partial charge in [0.2, 0.25) is 5.88 Å². The fraction of sp³-hybridized carbons (Fsp3) is 0.143. The minimum atomic E-state index is -2.88. The van der Waals surface area contributed by atoms with Crippen LogP contribution in [-0.4, -0.2) is 24.6 Å². The van der Waals surface area contributed by atoms with E-state index in [-0.39, 0.29) is 17.2 Å². The number of pyridine rings is 1. The van der Waals surface area contributed by atoms with Crippen LogP contribution in [-0.2, 0) is 0 Å². The van der Waals surface area contributed by atoms with E-state index < -0.39 is 12.5 Å². The topological polar surface area (TPSA) is 60.5 Å². The number of hydrogen-bond acceptors (Lipinski definition) is 4. The monoisotopic (exact) mass is 294 g/mol. The molecule has 110 valence electrons. The number of amides is 1. The molecule has 2 aromatic rings. The molecule has 1 heterocycles. The molecule has 5 nitrogen and oxygen atoms in total. The summed E-state index contributed by atoms with van der Waals surface area (Å²) in [5.74, 6) is -0.197. The number of anilines is 1. The lowest BCUT2D eigenvalue weighted by Crippen LogP contribution is -2.13. The zero-order valence-electron chi connectivity index (χ0n) is 11.0. The van der Waals surface area contributed by atoms with E-state index in [1.165, 1.54) is 37.6 Å². The molecule has 0 spiro atoms. The first-order valence-corrected chi connectivity index (χ1v) is 5.95. The van der Waals surface area contributed by atoms with Gasteiger partial charge in [-0.25, -0.2) is 4.98 Å². The third kappa shape index (κ3) is 3.88. The molecule has 1 N–H and O–H groups in total. The van der Waals surface area contributed by atoms with Gasteiger partial charge in [-0.2, -0.15) is 8.78 Å². The first kappa shape index (κ1) is 14.7. The molecule has 0 bridgehead atoms. The van der Waals surface area contributed by atoms with Gasteiger partial charge >= 0.3 is 6.61 Å². The third-order valence-corrected chi connectivity index (χ3v) is 2.55. The summed E-state index contributed by atoms with van der Waals surface area (Å²) in [5.41, 5.74) is 0.709. The van der Waals surface area contributed by atoms with E-state index in [2.05, 4.69) is 15.0 Å². The predicted octanol–water partition coefficient (Wildman–Crippen LogP) is 2.94. The molecule has 0 saturated heterocycles. The summed E-state index contributed by atoms with van der Waals surface area (Å²) >= 11 is 0. The number of carbonyl (C=O) groups excluding carboxylic acids is 1. The molecule has 0 aliphatic heterocycles. The molecule has 0 saturated carbocycles. The van der Waals surface area contributed by atoms with Crippen LogP contribution in [0.25, 0.3) is 0 Å². The molecule has 1 amide bonds. The van der Waals surface area contributed by atoms with E-state index in [4.69, 9.17) is 4.74 Å². The van der Waals surface area contributed by atoms with Crippen molar-refractivity contribution in [3.8, 4) is 11.6 Å². The summed E-state index contributed by atoms with van der Waals surface area (Å²) in [6, 6.07) is 8.76. The van der Waals surface area contributed by atoms with E-state index in [0.717, 1.165) is 0 Å². The van der Waals surface area contributed by atoms with Gasteiger partial charge in [-0.1, -0.05) is 0 Å². The smallest absolute Gasteiger partial charge is 0.387 e. The van der Waals surface area contributed by atoms with Crippen LogP contribution in [0.5, 0.6) is 11.6 Å². The molecule has 21 heavy (non-hydrogen) atoms. The second-order valence-corrected chi connectivity index (χ2v) is 3.92. The van der Waals surface area contributed by atoms with Gasteiger partial charge in [0.05, 0.1) is 7.11 Å². The lowest BCUT2D eigenvalue weighted by Gasteiger charge is -2.09. The highest BCUT2D eigenvalue weighted by Crippen LogP contribution is 2.20. The van der Waals surface area contributed by atoms with Crippen molar-refractivity contribution < 1.29 is 23.0 Å². The van der Waals surface area contributed by atoms with Gasteiger partial charge in [-0.15, -0.1) is 0 Å². The molecule has 0 unspecified atom stereocenters. The predicted molar refractivity (Wildman–Crippen MR) is 71.8 cm³/mol. The summed E-state index contributed by atoms with van der Waals surface area (Å²) in [7, 11) is 1.41. The van der Waals surface area contributed by atoms with Gasteiger partial charge < -0.3 is 14.8 Å². The Balaban J connectivity index is 2.09. The van der Waals surface area contributed by atoms with Crippen LogP contribution >= 0.6 is 0 Å². The van der Waals surface area contributed by atoms with E-state index in [1.54, 1.807) is 12.1 Å². The number of halogens is 2. The molecule has 0 atom stereocenters. The normalized spacial score (nSPS) is 10.3. The average molecular weight is 294 g/mol. The number of aromatic nitrogens is 1. The standard InChI is InChI=1S/C14H12F2N2O3/c1-20-13-11(3-2-8-17-13)12(19)18-9-4-6-10(7-5-9)21-14(15)16/h2-8,14H,1H3,(H,18,19). The summed E-state index contributed by atoms with van der Waals surface area (Å²) in [6.45, 7) is -2.88. The summed E-state index contributed by atoms with van der Waals surface area (Å²) < 4.78 is 33.3. The fourth-order valence-electron chi connectivity index (χ4n) is 1.64. The average Bonchev–Trinajstić information content (AvgIpc) is 2.48. The van der Waals surface area contributed by atoms with Gasteiger partial charge in [-0.3, -0.25) is 4.79 Å². The number of nitrogens with zero attached hydrogens (tertiary/aromatic N) is 1. The zero-order chi connectivity index (χ0) is 15.2. The Hall–Kier alpha value is -2.70. The number of benzene rings is 1. The van der Waals surface area contributed by atoms with Crippen molar-refractivity contribution in [2.75, 3.05) is 12.4 Å². The maximum absolute atomic E-state index is 12.1. The van der Waals surface area contributed by atoms with E-state index in [0.29, 0.717) is 5.69 Å². The number of ether oxygens (including phenoxy) is 2. The van der Waals surface area contributed by atoms with Crippen LogP contribution in [0, 0.1) is 0 Å². The number of alkyl halides is 2. The van der Waals surface area contributed by atoms with Gasteiger partial charge in [0.15, 0.2) is 0 Å². The highest BCUT2D eigenvalue weighted by atomic mass is 19.3. The second kappa shape index (κ2) is 6.65. The lowest BCUT2D eigenvalue weighted by atomic mass is 10.2. The van der Waals surface area contributed by atoms with Crippen LogP contribution in [0.3, 0.4) is 0 Å². The molecule has 1 aromatic heterocycles. The summed E-state index contributed by atoms with van der Waals surface area (Å²) in [5, 5.41) is 2.61. The van der Waals surface area contributed by atoms with Gasteiger partial charge in [0, 0.05) is 11.9 Å². The number of rotatable bonds is 5. The van der Waals surface area contributed by atoms with Crippen molar-refractivity contribution in [1.82, 2.24) is 4.98 Å². The third-order valence-electron chi connectivity index (χ3n) is 2.55. The Kier molecular flexibility index (Phi) is 4.65. The Bertz CT molecular complexity index is 618. The fourth-order valence-corrected chi connectivity index (χ4v) is 1.64. The number of nitrogens with one attached hydrogen (secondary N) is 1. The van der Waals surface area contributed by atoms with Crippen molar-refractivity contribution >= 4 is 11.6 Å². The van der Waals surface area contributed by atoms with Crippen LogP contribution < -0.4 is 14.8 Å². The summed E-state index contributed by atoms with van der Waals surface area (Å²) in [6.07, 6.45) is 1.51. The SMILES string of the molecule is COc1ncccc1C(=O)Nc1ccc(OC(F)F)cc1. The Labute approximate surface area is 119 Å². The van der Waals surface area contributed by atoms with Crippen molar-refractivity contribution in [1.29, 1.82) is 0 Å². The van der Waals surface area contributed by atoms with Crippen LogP contribution in [0.2, 0.25) is 0 Å². The van der Waals surface area contributed by atoms with Crippen molar-refractivity contribution in [3.63, 3.8) is 0 Å². The van der Waals surface area contributed by atoms with E-state index in [1.807, 2.05) is 0 Å². The van der Waals surface area contributed by atoms with Crippen LogP contribution in [0.4, 0.5) is 14.5 Å². The van der Waals surface area contributed by atoms with Gasteiger partial charge in [0.1, 0.15) is 11.3 Å². The van der Waals surface area contributed by atoms with Crippen molar-refractivity contribution in [3.05, 3.63) is 48.2 Å². The molecule has 0 radical (unpaired) electrons. The minimum absolute atomic E-state index is 0.0157. The van der Waals surface area contributed by atoms with E-state index >= 15 is 0 Å². The first-order valence-electron chi connectivity index (χ1n) is 5.95. The summed E-state index contributed by atoms with van der Waals surface area (Å²) in [4.78, 5) is 16.0. The maximum atomic E-state index is 12.1. The van der Waals surface area contributed by atoms with Crippen LogP contribution in [0.1, 0.15) is 10.4 Å². The van der Waals surface area contributed by atoms with Crippen LogP contribution in [0.15, 0.2) is 42.6 Å². The molecular weight excluding hydrogens is 282 g/mol. The number of carbonyl (C=O) groups is 1. The lowest BCUT2D eigenvalue weighted by molar-refractivity contribution is -0.0498. The molecule has 0 aliphatic carbocycles. The molecule has 2 rings (SSSR count). The quantitative estimate of drug-likeness (QED) is 0.921. The Morgan fingerprint density at radius 2 is 1.95 bits per heavy atom. The van der Waals surface area contributed by atoms with Gasteiger partial charge in [-0.05, 0) is 36.4 Å². The Morgan fingerprint density at radius 3 is 2.57 bits per heavy atom. The first-order chi connectivity index (χ1) is 10.1. The van der Waals surface area contributed by atoms with E-state index in [9.17, 15) is 13.6 Å². The molecule has 1 aromatic carbocycles. The molecule has 0 aliphatic rings.